The predicted octanol–water partition coefficient (Wildman–Crippen LogP) is 2.75. The summed E-state index contributed by atoms with van der Waals surface area (Å²) in [5.74, 6) is 0.150. The van der Waals surface area contributed by atoms with Crippen LogP contribution in [-0.2, 0) is 4.79 Å². The third-order valence-electron chi connectivity index (χ3n) is 3.67. The molecule has 2 aromatic rings. The van der Waals surface area contributed by atoms with Gasteiger partial charge in [-0.1, -0.05) is 12.1 Å². The van der Waals surface area contributed by atoms with Crippen molar-refractivity contribution in [1.29, 1.82) is 0 Å². The summed E-state index contributed by atoms with van der Waals surface area (Å²) >= 11 is 1.60. The third kappa shape index (κ3) is 2.73. The Morgan fingerprint density at radius 3 is 3.10 bits per heavy atom. The summed E-state index contributed by atoms with van der Waals surface area (Å²) in [6, 6.07) is 8.10. The molecule has 0 radical (unpaired) electrons. The molecule has 2 N–H and O–H groups in total. The molecule has 0 bridgehead atoms. The molecule has 104 valence electrons. The smallest absolute Gasteiger partial charge is 0.229 e. The molecule has 1 aliphatic heterocycles. The Bertz CT molecular complexity index is 597. The summed E-state index contributed by atoms with van der Waals surface area (Å²) in [5.41, 5.74) is 1.87. The highest BCUT2D eigenvalue weighted by Gasteiger charge is 2.29. The van der Waals surface area contributed by atoms with E-state index in [0.29, 0.717) is 0 Å². The van der Waals surface area contributed by atoms with Crippen LogP contribution in [0.2, 0.25) is 0 Å². The Hall–Kier alpha value is -1.72. The normalized spacial score (nSPS) is 21.9. The summed E-state index contributed by atoms with van der Waals surface area (Å²) in [6.45, 7) is 2.97. The van der Waals surface area contributed by atoms with Crippen molar-refractivity contribution in [2.45, 2.75) is 19.4 Å². The number of carbonyl (C=O) groups excluding carboxylic acids is 1. The van der Waals surface area contributed by atoms with Crippen molar-refractivity contribution in [3.8, 4) is 10.6 Å². The first-order valence-corrected chi connectivity index (χ1v) is 7.66. The first-order chi connectivity index (χ1) is 9.74. The molecule has 2 heterocycles. The number of carbonyl (C=O) groups is 1. The SMILES string of the molecule is CC1NCCC1C(=O)Nc1cccc(-c2nccs2)c1. The molecule has 3 rings (SSSR count). The molecule has 1 fully saturated rings. The minimum atomic E-state index is 0.0542. The minimum absolute atomic E-state index is 0.0542. The lowest BCUT2D eigenvalue weighted by molar-refractivity contribution is -0.119. The van der Waals surface area contributed by atoms with Crippen LogP contribution >= 0.6 is 11.3 Å². The van der Waals surface area contributed by atoms with Crippen molar-refractivity contribution >= 4 is 22.9 Å². The molecule has 4 nitrogen and oxygen atoms in total. The lowest BCUT2D eigenvalue weighted by Gasteiger charge is -2.15. The second-order valence-electron chi connectivity index (χ2n) is 5.05. The summed E-state index contributed by atoms with van der Waals surface area (Å²) in [5, 5.41) is 9.24. The zero-order valence-corrected chi connectivity index (χ0v) is 12.1. The van der Waals surface area contributed by atoms with Gasteiger partial charge in [-0.3, -0.25) is 4.79 Å². The number of anilines is 1. The van der Waals surface area contributed by atoms with Gasteiger partial charge in [0.05, 0.1) is 5.92 Å². The number of amides is 1. The second-order valence-corrected chi connectivity index (χ2v) is 5.94. The molecule has 1 saturated heterocycles. The number of rotatable bonds is 3. The highest BCUT2D eigenvalue weighted by Crippen LogP contribution is 2.25. The number of nitrogens with one attached hydrogen (secondary N) is 2. The molecule has 1 aromatic carbocycles. The average molecular weight is 287 g/mol. The molecule has 1 amide bonds. The quantitative estimate of drug-likeness (QED) is 0.912. The third-order valence-corrected chi connectivity index (χ3v) is 4.49. The molecule has 0 spiro atoms. The molecule has 2 unspecified atom stereocenters. The average Bonchev–Trinajstić information content (AvgIpc) is 3.09. The number of aromatic nitrogens is 1. The fraction of sp³-hybridized carbons (Fsp3) is 0.333. The van der Waals surface area contributed by atoms with Gasteiger partial charge in [-0.25, -0.2) is 4.98 Å². The van der Waals surface area contributed by atoms with Crippen LogP contribution in [0.25, 0.3) is 10.6 Å². The molecule has 5 heteroatoms. The Morgan fingerprint density at radius 2 is 2.40 bits per heavy atom. The van der Waals surface area contributed by atoms with Crippen molar-refractivity contribution in [3.63, 3.8) is 0 Å². The molecule has 0 aliphatic carbocycles. The Labute approximate surface area is 122 Å². The van der Waals surface area contributed by atoms with E-state index in [0.717, 1.165) is 29.2 Å². The zero-order chi connectivity index (χ0) is 13.9. The highest BCUT2D eigenvalue weighted by atomic mass is 32.1. The maximum Gasteiger partial charge on any atom is 0.229 e. The predicted molar refractivity (Wildman–Crippen MR) is 81.8 cm³/mol. The van der Waals surface area contributed by atoms with Crippen LogP contribution < -0.4 is 10.6 Å². The van der Waals surface area contributed by atoms with Crippen molar-refractivity contribution in [2.75, 3.05) is 11.9 Å². The topological polar surface area (TPSA) is 54.0 Å². The highest BCUT2D eigenvalue weighted by molar-refractivity contribution is 7.13. The van der Waals surface area contributed by atoms with E-state index in [1.54, 1.807) is 17.5 Å². The van der Waals surface area contributed by atoms with Crippen LogP contribution in [0.1, 0.15) is 13.3 Å². The maximum atomic E-state index is 12.3. The van der Waals surface area contributed by atoms with Crippen molar-refractivity contribution in [3.05, 3.63) is 35.8 Å². The van der Waals surface area contributed by atoms with E-state index in [-0.39, 0.29) is 17.9 Å². The number of hydrogen-bond acceptors (Lipinski definition) is 4. The molecule has 1 aromatic heterocycles. The Balaban J connectivity index is 1.74. The van der Waals surface area contributed by atoms with Gasteiger partial charge >= 0.3 is 0 Å². The van der Waals surface area contributed by atoms with Gasteiger partial charge in [0.15, 0.2) is 0 Å². The van der Waals surface area contributed by atoms with Gasteiger partial charge in [-0.2, -0.15) is 0 Å². The van der Waals surface area contributed by atoms with E-state index in [9.17, 15) is 4.79 Å². The molecule has 2 atom stereocenters. The number of benzene rings is 1. The monoisotopic (exact) mass is 287 g/mol. The van der Waals surface area contributed by atoms with E-state index >= 15 is 0 Å². The van der Waals surface area contributed by atoms with Crippen LogP contribution in [-0.4, -0.2) is 23.5 Å². The van der Waals surface area contributed by atoms with Crippen molar-refractivity contribution in [2.24, 2.45) is 5.92 Å². The first-order valence-electron chi connectivity index (χ1n) is 6.78. The fourth-order valence-corrected chi connectivity index (χ4v) is 3.18. The lowest BCUT2D eigenvalue weighted by Crippen LogP contribution is -2.32. The van der Waals surface area contributed by atoms with Gasteiger partial charge in [0.1, 0.15) is 5.01 Å². The van der Waals surface area contributed by atoms with Crippen LogP contribution in [0, 0.1) is 5.92 Å². The summed E-state index contributed by atoms with van der Waals surface area (Å²) in [6.07, 6.45) is 2.69. The minimum Gasteiger partial charge on any atom is -0.326 e. The standard InChI is InChI=1S/C15H17N3OS/c1-10-13(5-6-16-10)14(19)18-12-4-2-3-11(9-12)15-17-7-8-20-15/h2-4,7-10,13,16H,5-6H2,1H3,(H,18,19). The van der Waals surface area contributed by atoms with E-state index in [1.807, 2.05) is 29.6 Å². The first kappa shape index (κ1) is 13.3. The summed E-state index contributed by atoms with van der Waals surface area (Å²) in [7, 11) is 0. The van der Waals surface area contributed by atoms with E-state index in [1.165, 1.54) is 0 Å². The largest absolute Gasteiger partial charge is 0.326 e. The van der Waals surface area contributed by atoms with Crippen LogP contribution in [0.5, 0.6) is 0 Å². The molecule has 1 aliphatic rings. The van der Waals surface area contributed by atoms with Gasteiger partial charge in [0.2, 0.25) is 5.91 Å². The Morgan fingerprint density at radius 1 is 1.50 bits per heavy atom. The van der Waals surface area contributed by atoms with Gasteiger partial charge < -0.3 is 10.6 Å². The van der Waals surface area contributed by atoms with Gasteiger partial charge in [-0.05, 0) is 32.0 Å². The van der Waals surface area contributed by atoms with E-state index < -0.39 is 0 Å². The van der Waals surface area contributed by atoms with Crippen LogP contribution in [0.15, 0.2) is 35.8 Å². The van der Waals surface area contributed by atoms with E-state index in [2.05, 4.69) is 22.5 Å². The van der Waals surface area contributed by atoms with E-state index in [4.69, 9.17) is 0 Å². The van der Waals surface area contributed by atoms with Crippen LogP contribution in [0.4, 0.5) is 5.69 Å². The lowest BCUT2D eigenvalue weighted by atomic mass is 10.0. The van der Waals surface area contributed by atoms with Crippen LogP contribution in [0.3, 0.4) is 0 Å². The number of nitrogens with zero attached hydrogens (tertiary/aromatic N) is 1. The van der Waals surface area contributed by atoms with Gasteiger partial charge in [0.25, 0.3) is 0 Å². The number of hydrogen-bond donors (Lipinski definition) is 2. The Kier molecular flexibility index (Phi) is 3.80. The maximum absolute atomic E-state index is 12.3. The molecular weight excluding hydrogens is 270 g/mol. The van der Waals surface area contributed by atoms with Crippen molar-refractivity contribution in [1.82, 2.24) is 10.3 Å². The fourth-order valence-electron chi connectivity index (χ4n) is 2.55. The number of thiazole rings is 1. The zero-order valence-electron chi connectivity index (χ0n) is 11.3. The second kappa shape index (κ2) is 5.73. The molecule has 0 saturated carbocycles. The summed E-state index contributed by atoms with van der Waals surface area (Å²) < 4.78 is 0. The van der Waals surface area contributed by atoms with Gasteiger partial charge in [-0.15, -0.1) is 11.3 Å². The molecule has 20 heavy (non-hydrogen) atoms. The summed E-state index contributed by atoms with van der Waals surface area (Å²) in [4.78, 5) is 16.6. The molecular formula is C15H17N3OS. The van der Waals surface area contributed by atoms with Gasteiger partial charge in [0, 0.05) is 28.9 Å². The van der Waals surface area contributed by atoms with Crippen molar-refractivity contribution < 1.29 is 4.79 Å².